The highest BCUT2D eigenvalue weighted by atomic mass is 16.5. The molecule has 3 amide bonds. The third-order valence-electron chi connectivity index (χ3n) is 5.70. The average Bonchev–Trinajstić information content (AvgIpc) is 3.10. The van der Waals surface area contributed by atoms with E-state index in [4.69, 9.17) is 4.74 Å². The van der Waals surface area contributed by atoms with Gasteiger partial charge >= 0.3 is 0 Å². The van der Waals surface area contributed by atoms with Crippen LogP contribution in [0.3, 0.4) is 0 Å². The van der Waals surface area contributed by atoms with E-state index in [0.29, 0.717) is 19.6 Å². The van der Waals surface area contributed by atoms with Crippen LogP contribution in [0.25, 0.3) is 0 Å². The first-order chi connectivity index (χ1) is 13.5. The Kier molecular flexibility index (Phi) is 6.67. The molecule has 1 aromatic rings. The first kappa shape index (κ1) is 20.3. The van der Waals surface area contributed by atoms with Gasteiger partial charge in [0.05, 0.1) is 12.0 Å². The number of methoxy groups -OCH3 is 1. The quantitative estimate of drug-likeness (QED) is 0.799. The van der Waals surface area contributed by atoms with E-state index in [1.165, 1.54) is 7.11 Å². The molecule has 0 bridgehead atoms. The number of benzene rings is 1. The molecular formula is C21H29N3O4. The predicted octanol–water partition coefficient (Wildman–Crippen LogP) is 1.35. The van der Waals surface area contributed by atoms with Crippen molar-refractivity contribution < 1.29 is 19.1 Å². The van der Waals surface area contributed by atoms with Crippen molar-refractivity contribution in [2.45, 2.75) is 38.3 Å². The maximum atomic E-state index is 12.9. The molecule has 2 saturated heterocycles. The van der Waals surface area contributed by atoms with E-state index in [1.807, 2.05) is 47.1 Å². The first-order valence-corrected chi connectivity index (χ1v) is 9.91. The lowest BCUT2D eigenvalue weighted by Gasteiger charge is -2.34. The van der Waals surface area contributed by atoms with Gasteiger partial charge in [-0.05, 0) is 25.3 Å². The number of piperidine rings is 1. The highest BCUT2D eigenvalue weighted by molar-refractivity contribution is 5.89. The van der Waals surface area contributed by atoms with Crippen molar-refractivity contribution in [2.24, 2.45) is 5.92 Å². The van der Waals surface area contributed by atoms with Crippen molar-refractivity contribution in [2.75, 3.05) is 33.4 Å². The Labute approximate surface area is 166 Å². The third-order valence-corrected chi connectivity index (χ3v) is 5.70. The summed E-state index contributed by atoms with van der Waals surface area (Å²) in [6.45, 7) is 3.75. The second kappa shape index (κ2) is 9.19. The zero-order valence-corrected chi connectivity index (χ0v) is 16.6. The number of rotatable bonds is 6. The number of nitrogens with zero attached hydrogens (tertiary/aromatic N) is 2. The molecule has 1 N–H and O–H groups in total. The van der Waals surface area contributed by atoms with Gasteiger partial charge in [-0.3, -0.25) is 14.4 Å². The second-order valence-electron chi connectivity index (χ2n) is 7.63. The van der Waals surface area contributed by atoms with Crippen molar-refractivity contribution in [3.8, 4) is 0 Å². The van der Waals surface area contributed by atoms with Gasteiger partial charge in [0, 0.05) is 39.2 Å². The molecule has 2 fully saturated rings. The Morgan fingerprint density at radius 2 is 1.89 bits per heavy atom. The number of nitrogens with one attached hydrogen (secondary N) is 1. The Morgan fingerprint density at radius 3 is 2.54 bits per heavy atom. The Bertz CT molecular complexity index is 701. The summed E-state index contributed by atoms with van der Waals surface area (Å²) in [7, 11) is 1.49. The summed E-state index contributed by atoms with van der Waals surface area (Å²) in [4.78, 5) is 40.7. The van der Waals surface area contributed by atoms with Gasteiger partial charge in [-0.2, -0.15) is 0 Å². The number of carbonyl (C=O) groups is 3. The number of amides is 3. The van der Waals surface area contributed by atoms with Gasteiger partial charge in [0.25, 0.3) is 0 Å². The zero-order valence-electron chi connectivity index (χ0n) is 16.6. The second-order valence-corrected chi connectivity index (χ2v) is 7.63. The van der Waals surface area contributed by atoms with Crippen molar-refractivity contribution in [3.05, 3.63) is 35.9 Å². The molecule has 2 atom stereocenters. The van der Waals surface area contributed by atoms with E-state index in [-0.39, 0.29) is 48.8 Å². The fourth-order valence-electron chi connectivity index (χ4n) is 4.09. The molecule has 3 rings (SSSR count). The van der Waals surface area contributed by atoms with Crippen LogP contribution in [0.15, 0.2) is 30.3 Å². The largest absolute Gasteiger partial charge is 0.375 e. The lowest BCUT2D eigenvalue weighted by molar-refractivity contribution is -0.137. The molecule has 2 aliphatic heterocycles. The molecule has 2 heterocycles. The fraction of sp³-hybridized carbons (Fsp3) is 0.571. The van der Waals surface area contributed by atoms with Crippen LogP contribution in [0.4, 0.5) is 0 Å². The van der Waals surface area contributed by atoms with Gasteiger partial charge in [-0.1, -0.05) is 30.3 Å². The zero-order chi connectivity index (χ0) is 20.1. The minimum Gasteiger partial charge on any atom is -0.375 e. The van der Waals surface area contributed by atoms with E-state index in [9.17, 15) is 14.4 Å². The van der Waals surface area contributed by atoms with Crippen LogP contribution in [-0.4, -0.2) is 66.9 Å². The van der Waals surface area contributed by atoms with Gasteiger partial charge in [-0.15, -0.1) is 0 Å². The highest BCUT2D eigenvalue weighted by Gasteiger charge is 2.39. The van der Waals surface area contributed by atoms with Gasteiger partial charge in [0.1, 0.15) is 6.61 Å². The van der Waals surface area contributed by atoms with Crippen LogP contribution < -0.4 is 5.32 Å². The maximum absolute atomic E-state index is 12.9. The molecule has 1 aromatic carbocycles. The smallest absolute Gasteiger partial charge is 0.246 e. The van der Waals surface area contributed by atoms with Crippen molar-refractivity contribution in [1.82, 2.24) is 15.1 Å². The molecule has 7 nitrogen and oxygen atoms in total. The van der Waals surface area contributed by atoms with E-state index < -0.39 is 0 Å². The van der Waals surface area contributed by atoms with E-state index in [0.717, 1.165) is 18.4 Å². The third kappa shape index (κ3) is 4.70. The number of likely N-dealkylation sites (tertiary alicyclic amines) is 2. The lowest BCUT2D eigenvalue weighted by Crippen LogP contribution is -2.48. The maximum Gasteiger partial charge on any atom is 0.246 e. The normalized spacial score (nSPS) is 21.6. The standard InChI is InChI=1S/C21H29N3O4/c1-15(16-6-4-3-5-7-16)24-13-17(12-20(24)26)21(27)23-10-8-18(9-11-23)22-19(25)14-28-2/h3-7,15,17-18H,8-14H2,1-2H3,(H,22,25). The summed E-state index contributed by atoms with van der Waals surface area (Å²) in [6, 6.07) is 9.94. The summed E-state index contributed by atoms with van der Waals surface area (Å²) in [6.07, 6.45) is 1.73. The van der Waals surface area contributed by atoms with E-state index in [1.54, 1.807) is 0 Å². The minimum absolute atomic E-state index is 0.0340. The monoisotopic (exact) mass is 387 g/mol. The van der Waals surface area contributed by atoms with Crippen molar-refractivity contribution in [3.63, 3.8) is 0 Å². The summed E-state index contributed by atoms with van der Waals surface area (Å²) >= 11 is 0. The van der Waals surface area contributed by atoms with Crippen LogP contribution in [-0.2, 0) is 19.1 Å². The average molecular weight is 387 g/mol. The summed E-state index contributed by atoms with van der Waals surface area (Å²) in [5.74, 6) is -0.313. The molecule has 0 aromatic heterocycles. The SMILES string of the molecule is COCC(=O)NC1CCN(C(=O)C2CC(=O)N(C(C)c3ccccc3)C2)CC1. The van der Waals surface area contributed by atoms with Gasteiger partial charge < -0.3 is 19.9 Å². The molecule has 2 aliphatic rings. The molecule has 152 valence electrons. The van der Waals surface area contributed by atoms with Crippen LogP contribution in [0.1, 0.15) is 37.8 Å². The molecule has 0 spiro atoms. The summed E-state index contributed by atoms with van der Waals surface area (Å²) in [5.41, 5.74) is 1.08. The molecule has 2 unspecified atom stereocenters. The number of hydrogen-bond acceptors (Lipinski definition) is 4. The molecule has 0 radical (unpaired) electrons. The topological polar surface area (TPSA) is 79.0 Å². The van der Waals surface area contributed by atoms with Crippen molar-refractivity contribution >= 4 is 17.7 Å². The number of hydrogen-bond donors (Lipinski definition) is 1. The molecular weight excluding hydrogens is 358 g/mol. The van der Waals surface area contributed by atoms with Crippen molar-refractivity contribution in [1.29, 1.82) is 0 Å². The van der Waals surface area contributed by atoms with Gasteiger partial charge in [0.2, 0.25) is 17.7 Å². The summed E-state index contributed by atoms with van der Waals surface area (Å²) in [5, 5.41) is 2.93. The van der Waals surface area contributed by atoms with Crippen LogP contribution in [0.5, 0.6) is 0 Å². The van der Waals surface area contributed by atoms with E-state index in [2.05, 4.69) is 5.32 Å². The molecule has 28 heavy (non-hydrogen) atoms. The number of carbonyl (C=O) groups excluding carboxylic acids is 3. The fourth-order valence-corrected chi connectivity index (χ4v) is 4.09. The van der Waals surface area contributed by atoms with Crippen LogP contribution >= 0.6 is 0 Å². The van der Waals surface area contributed by atoms with Gasteiger partial charge in [0.15, 0.2) is 0 Å². The highest BCUT2D eigenvalue weighted by Crippen LogP contribution is 2.30. The first-order valence-electron chi connectivity index (χ1n) is 9.91. The summed E-state index contributed by atoms with van der Waals surface area (Å²) < 4.78 is 4.83. The van der Waals surface area contributed by atoms with Crippen LogP contribution in [0, 0.1) is 5.92 Å². The molecule has 0 aliphatic carbocycles. The van der Waals surface area contributed by atoms with Crippen LogP contribution in [0.2, 0.25) is 0 Å². The number of ether oxygens (including phenoxy) is 1. The molecule has 0 saturated carbocycles. The Hall–Kier alpha value is -2.41. The minimum atomic E-state index is -0.279. The Morgan fingerprint density at radius 1 is 1.21 bits per heavy atom. The van der Waals surface area contributed by atoms with E-state index >= 15 is 0 Å². The lowest BCUT2D eigenvalue weighted by atomic mass is 10.0. The predicted molar refractivity (Wildman–Crippen MR) is 104 cm³/mol. The van der Waals surface area contributed by atoms with Gasteiger partial charge in [-0.25, -0.2) is 0 Å². The molecule has 7 heteroatoms. The Balaban J connectivity index is 1.52.